The number of sulfone groups is 1. The molecule has 1 aliphatic rings. The number of anilines is 2. The van der Waals surface area contributed by atoms with E-state index in [9.17, 15) is 18.0 Å². The second kappa shape index (κ2) is 9.19. The molecule has 2 aromatic heterocycles. The summed E-state index contributed by atoms with van der Waals surface area (Å²) in [7, 11) is -3.14. The number of aryl methyl sites for hydroxylation is 1. The predicted molar refractivity (Wildman–Crippen MR) is 139 cm³/mol. The van der Waals surface area contributed by atoms with Crippen LogP contribution in [0.3, 0.4) is 0 Å². The molecule has 1 unspecified atom stereocenters. The molecule has 0 saturated carbocycles. The van der Waals surface area contributed by atoms with Crippen LogP contribution in [0.1, 0.15) is 35.4 Å². The largest absolute Gasteiger partial charge is 0.326 e. The van der Waals surface area contributed by atoms with Gasteiger partial charge in [-0.1, -0.05) is 30.3 Å². The van der Waals surface area contributed by atoms with Crippen LogP contribution in [0.4, 0.5) is 11.4 Å². The van der Waals surface area contributed by atoms with Crippen molar-refractivity contribution in [3.8, 4) is 11.3 Å². The Labute approximate surface area is 208 Å². The Kier molecular flexibility index (Phi) is 6.05. The van der Waals surface area contributed by atoms with Crippen LogP contribution in [0, 0.1) is 6.92 Å². The SMILES string of the molecule is CC(=O)Nc1ccc(NC(=O)c2cc(-c3ccccc3)nc3c2c(C)nn3C2CCS(=O)(=O)C2)cc1. The Morgan fingerprint density at radius 3 is 2.28 bits per heavy atom. The van der Waals surface area contributed by atoms with Gasteiger partial charge in [0.1, 0.15) is 0 Å². The van der Waals surface area contributed by atoms with Gasteiger partial charge in [-0.25, -0.2) is 18.1 Å². The van der Waals surface area contributed by atoms with Gasteiger partial charge in [0.15, 0.2) is 15.5 Å². The van der Waals surface area contributed by atoms with Crippen molar-refractivity contribution in [1.29, 1.82) is 0 Å². The third-order valence-corrected chi connectivity index (χ3v) is 7.92. The molecule has 10 heteroatoms. The molecule has 4 aromatic rings. The topological polar surface area (TPSA) is 123 Å². The lowest BCUT2D eigenvalue weighted by atomic mass is 10.0. The molecule has 2 amide bonds. The average Bonchev–Trinajstić information content (AvgIpc) is 3.38. The Morgan fingerprint density at radius 1 is 1.00 bits per heavy atom. The van der Waals surface area contributed by atoms with Gasteiger partial charge in [-0.05, 0) is 43.7 Å². The first kappa shape index (κ1) is 23.7. The minimum absolute atomic E-state index is 0.00262. The molecule has 5 rings (SSSR count). The van der Waals surface area contributed by atoms with E-state index < -0.39 is 9.84 Å². The van der Waals surface area contributed by atoms with E-state index in [4.69, 9.17) is 4.98 Å². The third-order valence-electron chi connectivity index (χ3n) is 6.17. The predicted octanol–water partition coefficient (Wildman–Crippen LogP) is 3.98. The molecule has 0 spiro atoms. The maximum atomic E-state index is 13.5. The zero-order chi connectivity index (χ0) is 25.4. The van der Waals surface area contributed by atoms with Crippen LogP contribution >= 0.6 is 0 Å². The van der Waals surface area contributed by atoms with Crippen molar-refractivity contribution in [3.05, 3.63) is 71.9 Å². The smallest absolute Gasteiger partial charge is 0.256 e. The van der Waals surface area contributed by atoms with E-state index in [0.29, 0.717) is 45.8 Å². The molecule has 1 fully saturated rings. The first-order chi connectivity index (χ1) is 17.2. The standard InChI is InChI=1S/C26H25N5O4S/c1-16-24-22(26(33)28-20-10-8-19(9-11-20)27-17(2)32)14-23(18-6-4-3-5-7-18)29-25(24)31(30-16)21-12-13-36(34,35)15-21/h3-11,14,21H,12-13,15H2,1-2H3,(H,27,32)(H,28,33). The van der Waals surface area contributed by atoms with Crippen molar-refractivity contribution in [3.63, 3.8) is 0 Å². The zero-order valence-corrected chi connectivity index (χ0v) is 20.7. The number of benzene rings is 2. The number of nitrogens with one attached hydrogen (secondary N) is 2. The lowest BCUT2D eigenvalue weighted by molar-refractivity contribution is -0.114. The van der Waals surface area contributed by atoms with Crippen molar-refractivity contribution < 1.29 is 18.0 Å². The van der Waals surface area contributed by atoms with Crippen molar-refractivity contribution in [1.82, 2.24) is 14.8 Å². The summed E-state index contributed by atoms with van der Waals surface area (Å²) in [5.74, 6) is -0.406. The van der Waals surface area contributed by atoms with Crippen LogP contribution in [0.15, 0.2) is 60.7 Å². The highest BCUT2D eigenvalue weighted by molar-refractivity contribution is 7.91. The quantitative estimate of drug-likeness (QED) is 0.425. The van der Waals surface area contributed by atoms with Gasteiger partial charge in [-0.3, -0.25) is 9.59 Å². The summed E-state index contributed by atoms with van der Waals surface area (Å²) < 4.78 is 26.0. The summed E-state index contributed by atoms with van der Waals surface area (Å²) in [5, 5.41) is 10.8. The monoisotopic (exact) mass is 503 g/mol. The van der Waals surface area contributed by atoms with Gasteiger partial charge in [0.05, 0.1) is 39.9 Å². The molecule has 2 N–H and O–H groups in total. The molecule has 0 bridgehead atoms. The average molecular weight is 504 g/mol. The van der Waals surface area contributed by atoms with Gasteiger partial charge in [-0.15, -0.1) is 0 Å². The molecule has 1 saturated heterocycles. The van der Waals surface area contributed by atoms with Gasteiger partial charge in [0.25, 0.3) is 5.91 Å². The molecular formula is C26H25N5O4S. The summed E-state index contributed by atoms with van der Waals surface area (Å²) in [6.07, 6.45) is 0.456. The number of hydrogen-bond donors (Lipinski definition) is 2. The fourth-order valence-corrected chi connectivity index (χ4v) is 6.20. The highest BCUT2D eigenvalue weighted by Gasteiger charge is 2.32. The lowest BCUT2D eigenvalue weighted by Crippen LogP contribution is -2.15. The normalized spacial score (nSPS) is 16.7. The highest BCUT2D eigenvalue weighted by atomic mass is 32.2. The number of carbonyl (C=O) groups is 2. The first-order valence-corrected chi connectivity index (χ1v) is 13.4. The summed E-state index contributed by atoms with van der Waals surface area (Å²) >= 11 is 0. The summed E-state index contributed by atoms with van der Waals surface area (Å²) in [4.78, 5) is 29.6. The Morgan fingerprint density at radius 2 is 1.67 bits per heavy atom. The molecule has 2 aromatic carbocycles. The van der Waals surface area contributed by atoms with E-state index >= 15 is 0 Å². The number of carbonyl (C=O) groups excluding carboxylic acids is 2. The van der Waals surface area contributed by atoms with Crippen molar-refractivity contribution in [2.24, 2.45) is 0 Å². The van der Waals surface area contributed by atoms with E-state index in [1.54, 1.807) is 41.9 Å². The van der Waals surface area contributed by atoms with Gasteiger partial charge in [-0.2, -0.15) is 5.10 Å². The summed E-state index contributed by atoms with van der Waals surface area (Å²) in [6, 6.07) is 17.7. The summed E-state index contributed by atoms with van der Waals surface area (Å²) in [5.41, 5.74) is 4.10. The van der Waals surface area contributed by atoms with Crippen molar-refractivity contribution >= 4 is 44.1 Å². The van der Waals surface area contributed by atoms with E-state index in [-0.39, 0.29) is 29.4 Å². The Bertz CT molecular complexity index is 1580. The lowest BCUT2D eigenvalue weighted by Gasteiger charge is -2.12. The van der Waals surface area contributed by atoms with Crippen molar-refractivity contribution in [2.45, 2.75) is 26.3 Å². The highest BCUT2D eigenvalue weighted by Crippen LogP contribution is 2.32. The van der Waals surface area contributed by atoms with Crippen LogP contribution in [-0.4, -0.2) is 46.5 Å². The van der Waals surface area contributed by atoms with E-state index in [2.05, 4.69) is 15.7 Å². The second-order valence-corrected chi connectivity index (χ2v) is 11.1. The minimum Gasteiger partial charge on any atom is -0.326 e. The van der Waals surface area contributed by atoms with Gasteiger partial charge in [0.2, 0.25) is 5.91 Å². The van der Waals surface area contributed by atoms with Gasteiger partial charge in [0, 0.05) is 23.9 Å². The first-order valence-electron chi connectivity index (χ1n) is 11.5. The molecule has 184 valence electrons. The van der Waals surface area contributed by atoms with Crippen LogP contribution in [0.2, 0.25) is 0 Å². The molecule has 1 aliphatic heterocycles. The number of pyridine rings is 1. The van der Waals surface area contributed by atoms with Crippen molar-refractivity contribution in [2.75, 3.05) is 22.1 Å². The van der Waals surface area contributed by atoms with E-state index in [1.807, 2.05) is 30.3 Å². The van der Waals surface area contributed by atoms with Gasteiger partial charge >= 0.3 is 0 Å². The molecule has 1 atom stereocenters. The number of amides is 2. The molecule has 36 heavy (non-hydrogen) atoms. The number of rotatable bonds is 5. The van der Waals surface area contributed by atoms with Crippen LogP contribution in [0.25, 0.3) is 22.3 Å². The van der Waals surface area contributed by atoms with Crippen LogP contribution in [-0.2, 0) is 14.6 Å². The Hall–Kier alpha value is -4.05. The molecule has 9 nitrogen and oxygen atoms in total. The molecule has 3 heterocycles. The maximum absolute atomic E-state index is 13.5. The number of hydrogen-bond acceptors (Lipinski definition) is 6. The number of nitrogens with zero attached hydrogens (tertiary/aromatic N) is 3. The number of fused-ring (bicyclic) bond motifs is 1. The fraction of sp³-hybridized carbons (Fsp3) is 0.231. The zero-order valence-electron chi connectivity index (χ0n) is 19.9. The van der Waals surface area contributed by atoms with Gasteiger partial charge < -0.3 is 10.6 Å². The Balaban J connectivity index is 1.59. The third kappa shape index (κ3) is 4.72. The minimum atomic E-state index is -3.14. The molecule has 0 radical (unpaired) electrons. The fourth-order valence-electron chi connectivity index (χ4n) is 4.51. The summed E-state index contributed by atoms with van der Waals surface area (Å²) in [6.45, 7) is 3.23. The number of aromatic nitrogens is 3. The van der Waals surface area contributed by atoms with Crippen LogP contribution < -0.4 is 10.6 Å². The molecule has 0 aliphatic carbocycles. The molecular weight excluding hydrogens is 478 g/mol. The van der Waals surface area contributed by atoms with Crippen LogP contribution in [0.5, 0.6) is 0 Å². The maximum Gasteiger partial charge on any atom is 0.256 e. The van der Waals surface area contributed by atoms with E-state index in [0.717, 1.165) is 5.56 Å². The van der Waals surface area contributed by atoms with E-state index in [1.165, 1.54) is 6.92 Å². The second-order valence-electron chi connectivity index (χ2n) is 8.92.